The Kier molecular flexibility index (Phi) is 5.45. The molecule has 0 spiro atoms. The summed E-state index contributed by atoms with van der Waals surface area (Å²) in [6.07, 6.45) is 4.25. The molecule has 4 nitrogen and oxygen atoms in total. The SMILES string of the molecule is CCCC1CCC(NC(=O)OC(C)(C)C)C(C)N1. The Morgan fingerprint density at radius 1 is 1.39 bits per heavy atom. The molecular weight excluding hydrogens is 228 g/mol. The summed E-state index contributed by atoms with van der Waals surface area (Å²) in [5, 5.41) is 6.53. The van der Waals surface area contributed by atoms with Crippen LogP contribution in [0.2, 0.25) is 0 Å². The molecule has 1 aliphatic rings. The molecule has 0 aromatic carbocycles. The molecule has 0 bridgehead atoms. The minimum Gasteiger partial charge on any atom is -0.444 e. The second kappa shape index (κ2) is 6.41. The van der Waals surface area contributed by atoms with Crippen molar-refractivity contribution in [3.05, 3.63) is 0 Å². The Labute approximate surface area is 111 Å². The molecule has 4 heteroatoms. The van der Waals surface area contributed by atoms with Crippen molar-refractivity contribution in [2.45, 2.75) is 84.0 Å². The zero-order valence-electron chi connectivity index (χ0n) is 12.4. The van der Waals surface area contributed by atoms with E-state index in [4.69, 9.17) is 4.74 Å². The molecule has 1 rings (SSSR count). The van der Waals surface area contributed by atoms with Gasteiger partial charge in [-0.25, -0.2) is 4.79 Å². The van der Waals surface area contributed by atoms with Gasteiger partial charge >= 0.3 is 6.09 Å². The van der Waals surface area contributed by atoms with E-state index in [1.54, 1.807) is 0 Å². The quantitative estimate of drug-likeness (QED) is 0.816. The minimum atomic E-state index is -0.430. The van der Waals surface area contributed by atoms with Gasteiger partial charge in [0.15, 0.2) is 0 Å². The lowest BCUT2D eigenvalue weighted by Gasteiger charge is -2.36. The summed E-state index contributed by atoms with van der Waals surface area (Å²) >= 11 is 0. The van der Waals surface area contributed by atoms with Crippen LogP contribution in [0.4, 0.5) is 4.79 Å². The number of rotatable bonds is 3. The molecule has 2 N–H and O–H groups in total. The van der Waals surface area contributed by atoms with E-state index in [0.29, 0.717) is 12.1 Å². The molecule has 1 aliphatic heterocycles. The van der Waals surface area contributed by atoms with Gasteiger partial charge < -0.3 is 15.4 Å². The van der Waals surface area contributed by atoms with Crippen molar-refractivity contribution >= 4 is 6.09 Å². The van der Waals surface area contributed by atoms with Gasteiger partial charge in [-0.2, -0.15) is 0 Å². The van der Waals surface area contributed by atoms with E-state index in [1.165, 1.54) is 12.8 Å². The minimum absolute atomic E-state index is 0.174. The Bertz CT molecular complexity index is 273. The maximum Gasteiger partial charge on any atom is 0.407 e. The second-order valence-electron chi connectivity index (χ2n) is 6.27. The van der Waals surface area contributed by atoms with Crippen molar-refractivity contribution < 1.29 is 9.53 Å². The molecule has 0 radical (unpaired) electrons. The number of hydrogen-bond donors (Lipinski definition) is 2. The third kappa shape index (κ3) is 5.25. The molecule has 0 aromatic rings. The summed E-state index contributed by atoms with van der Waals surface area (Å²) < 4.78 is 5.29. The first-order valence-corrected chi connectivity index (χ1v) is 7.07. The molecule has 0 aromatic heterocycles. The van der Waals surface area contributed by atoms with Crippen LogP contribution in [-0.4, -0.2) is 29.8 Å². The summed E-state index contributed by atoms with van der Waals surface area (Å²) in [4.78, 5) is 11.7. The summed E-state index contributed by atoms with van der Waals surface area (Å²) in [6.45, 7) is 9.98. The highest BCUT2D eigenvalue weighted by Crippen LogP contribution is 2.17. The first-order chi connectivity index (χ1) is 8.31. The fraction of sp³-hybridized carbons (Fsp3) is 0.929. The molecule has 106 valence electrons. The molecule has 1 amide bonds. The van der Waals surface area contributed by atoms with Crippen LogP contribution in [0.25, 0.3) is 0 Å². The van der Waals surface area contributed by atoms with E-state index in [0.717, 1.165) is 12.8 Å². The summed E-state index contributed by atoms with van der Waals surface area (Å²) in [6, 6.07) is 1.08. The highest BCUT2D eigenvalue weighted by molar-refractivity contribution is 5.68. The predicted molar refractivity (Wildman–Crippen MR) is 73.7 cm³/mol. The van der Waals surface area contributed by atoms with Crippen molar-refractivity contribution in [3.8, 4) is 0 Å². The Balaban J connectivity index is 2.38. The molecule has 3 unspecified atom stereocenters. The van der Waals surface area contributed by atoms with Crippen LogP contribution in [0.15, 0.2) is 0 Å². The normalized spacial score (nSPS) is 28.8. The van der Waals surface area contributed by atoms with E-state index in [-0.39, 0.29) is 12.1 Å². The van der Waals surface area contributed by atoms with Gasteiger partial charge in [0.1, 0.15) is 5.60 Å². The van der Waals surface area contributed by atoms with Crippen LogP contribution in [0.1, 0.15) is 60.3 Å². The monoisotopic (exact) mass is 256 g/mol. The molecule has 1 heterocycles. The van der Waals surface area contributed by atoms with E-state index in [1.807, 2.05) is 20.8 Å². The maximum absolute atomic E-state index is 11.7. The average molecular weight is 256 g/mol. The molecular formula is C14H28N2O2. The van der Waals surface area contributed by atoms with Crippen LogP contribution < -0.4 is 10.6 Å². The first kappa shape index (κ1) is 15.3. The van der Waals surface area contributed by atoms with Gasteiger partial charge in [-0.3, -0.25) is 0 Å². The van der Waals surface area contributed by atoms with Gasteiger partial charge in [0.2, 0.25) is 0 Å². The van der Waals surface area contributed by atoms with Gasteiger partial charge in [0.05, 0.1) is 0 Å². The number of alkyl carbamates (subject to hydrolysis) is 1. The molecule has 0 saturated carbocycles. The lowest BCUT2D eigenvalue weighted by atomic mass is 9.92. The van der Waals surface area contributed by atoms with Gasteiger partial charge in [-0.1, -0.05) is 13.3 Å². The number of amides is 1. The molecule has 18 heavy (non-hydrogen) atoms. The third-order valence-corrected chi connectivity index (χ3v) is 3.27. The van der Waals surface area contributed by atoms with Crippen molar-refractivity contribution in [2.75, 3.05) is 0 Å². The third-order valence-electron chi connectivity index (χ3n) is 3.27. The number of carbonyl (C=O) groups excluding carboxylic acids is 1. The lowest BCUT2D eigenvalue weighted by Crippen LogP contribution is -2.56. The standard InChI is InChI=1S/C14H28N2O2/c1-6-7-11-8-9-12(10(2)15-11)16-13(17)18-14(3,4)5/h10-12,15H,6-9H2,1-5H3,(H,16,17). The van der Waals surface area contributed by atoms with E-state index in [2.05, 4.69) is 24.5 Å². The highest BCUT2D eigenvalue weighted by Gasteiger charge is 2.28. The average Bonchev–Trinajstić information content (AvgIpc) is 2.20. The number of hydrogen-bond acceptors (Lipinski definition) is 3. The zero-order valence-corrected chi connectivity index (χ0v) is 12.4. The lowest BCUT2D eigenvalue weighted by molar-refractivity contribution is 0.0477. The number of carbonyl (C=O) groups is 1. The Morgan fingerprint density at radius 2 is 2.06 bits per heavy atom. The van der Waals surface area contributed by atoms with Gasteiger partial charge in [-0.15, -0.1) is 0 Å². The number of piperidine rings is 1. The topological polar surface area (TPSA) is 50.4 Å². The van der Waals surface area contributed by atoms with E-state index < -0.39 is 5.60 Å². The van der Waals surface area contributed by atoms with Crippen LogP contribution in [0, 0.1) is 0 Å². The van der Waals surface area contributed by atoms with Crippen LogP contribution in [0.3, 0.4) is 0 Å². The largest absolute Gasteiger partial charge is 0.444 e. The first-order valence-electron chi connectivity index (χ1n) is 7.07. The summed E-state index contributed by atoms with van der Waals surface area (Å²) in [7, 11) is 0. The van der Waals surface area contributed by atoms with Crippen LogP contribution in [0.5, 0.6) is 0 Å². The number of nitrogens with one attached hydrogen (secondary N) is 2. The van der Waals surface area contributed by atoms with E-state index >= 15 is 0 Å². The number of ether oxygens (including phenoxy) is 1. The van der Waals surface area contributed by atoms with Crippen molar-refractivity contribution in [1.29, 1.82) is 0 Å². The molecule has 3 atom stereocenters. The van der Waals surface area contributed by atoms with Crippen LogP contribution in [-0.2, 0) is 4.74 Å². The van der Waals surface area contributed by atoms with Gasteiger partial charge in [0, 0.05) is 18.1 Å². The predicted octanol–water partition coefficient (Wildman–Crippen LogP) is 2.82. The molecule has 0 aliphatic carbocycles. The van der Waals surface area contributed by atoms with Gasteiger partial charge in [-0.05, 0) is 47.0 Å². The van der Waals surface area contributed by atoms with E-state index in [9.17, 15) is 4.79 Å². The fourth-order valence-electron chi connectivity index (χ4n) is 2.43. The fourth-order valence-corrected chi connectivity index (χ4v) is 2.43. The van der Waals surface area contributed by atoms with Crippen molar-refractivity contribution in [3.63, 3.8) is 0 Å². The molecule has 1 saturated heterocycles. The maximum atomic E-state index is 11.7. The summed E-state index contributed by atoms with van der Waals surface area (Å²) in [5.74, 6) is 0. The van der Waals surface area contributed by atoms with Gasteiger partial charge in [0.25, 0.3) is 0 Å². The Hall–Kier alpha value is -0.770. The van der Waals surface area contributed by atoms with Crippen molar-refractivity contribution in [2.24, 2.45) is 0 Å². The smallest absolute Gasteiger partial charge is 0.407 e. The van der Waals surface area contributed by atoms with Crippen LogP contribution >= 0.6 is 0 Å². The molecule has 1 fully saturated rings. The highest BCUT2D eigenvalue weighted by atomic mass is 16.6. The second-order valence-corrected chi connectivity index (χ2v) is 6.27. The van der Waals surface area contributed by atoms with Crippen molar-refractivity contribution in [1.82, 2.24) is 10.6 Å². The summed E-state index contributed by atoms with van der Waals surface area (Å²) in [5.41, 5.74) is -0.430. The Morgan fingerprint density at radius 3 is 2.56 bits per heavy atom. The zero-order chi connectivity index (χ0) is 13.8.